The van der Waals surface area contributed by atoms with Crippen molar-refractivity contribution in [2.24, 2.45) is 5.84 Å². The Labute approximate surface area is 122 Å². The molecule has 0 radical (unpaired) electrons. The fourth-order valence-electron chi connectivity index (χ4n) is 2.16. The predicted octanol–water partition coefficient (Wildman–Crippen LogP) is 3.23. The standard InChI is InChI=1S/C15H16ClFN2O/c1-20-14-8-4-7-12(17)15(14)13(19-18)9-10-5-2-3-6-11(10)16/h2-8,13,19H,9,18H2,1H3. The lowest BCUT2D eigenvalue weighted by molar-refractivity contribution is 0.390. The van der Waals surface area contributed by atoms with Crippen molar-refractivity contribution in [3.8, 4) is 5.75 Å². The van der Waals surface area contributed by atoms with E-state index in [0.717, 1.165) is 5.56 Å². The third-order valence-electron chi connectivity index (χ3n) is 3.16. The van der Waals surface area contributed by atoms with Gasteiger partial charge < -0.3 is 4.74 Å². The van der Waals surface area contributed by atoms with Crippen molar-refractivity contribution >= 4 is 11.6 Å². The average Bonchev–Trinajstić information content (AvgIpc) is 2.47. The molecule has 0 aliphatic rings. The monoisotopic (exact) mass is 294 g/mol. The third kappa shape index (κ3) is 3.10. The van der Waals surface area contributed by atoms with Crippen LogP contribution in [0, 0.1) is 5.82 Å². The molecule has 0 aromatic heterocycles. The number of hydrazine groups is 1. The third-order valence-corrected chi connectivity index (χ3v) is 3.53. The molecule has 1 unspecified atom stereocenters. The highest BCUT2D eigenvalue weighted by molar-refractivity contribution is 6.31. The Morgan fingerprint density at radius 1 is 1.25 bits per heavy atom. The van der Waals surface area contributed by atoms with Gasteiger partial charge in [0.15, 0.2) is 0 Å². The lowest BCUT2D eigenvalue weighted by atomic mass is 9.98. The van der Waals surface area contributed by atoms with Crippen LogP contribution in [0.4, 0.5) is 4.39 Å². The van der Waals surface area contributed by atoms with E-state index >= 15 is 0 Å². The summed E-state index contributed by atoms with van der Waals surface area (Å²) >= 11 is 6.13. The molecule has 0 heterocycles. The summed E-state index contributed by atoms with van der Waals surface area (Å²) in [4.78, 5) is 0. The molecule has 5 heteroatoms. The van der Waals surface area contributed by atoms with Crippen LogP contribution in [0.1, 0.15) is 17.2 Å². The minimum Gasteiger partial charge on any atom is -0.496 e. The number of ether oxygens (including phenoxy) is 1. The van der Waals surface area contributed by atoms with Crippen molar-refractivity contribution in [2.75, 3.05) is 7.11 Å². The van der Waals surface area contributed by atoms with Gasteiger partial charge in [0.1, 0.15) is 11.6 Å². The SMILES string of the molecule is COc1cccc(F)c1C(Cc1ccccc1Cl)NN. The Morgan fingerprint density at radius 2 is 2.00 bits per heavy atom. The molecule has 2 rings (SSSR count). The van der Waals surface area contributed by atoms with E-state index < -0.39 is 6.04 Å². The Kier molecular flexibility index (Phi) is 4.95. The Morgan fingerprint density at radius 3 is 2.65 bits per heavy atom. The number of hydrogen-bond donors (Lipinski definition) is 2. The maximum atomic E-state index is 14.1. The number of nitrogens with two attached hydrogens (primary N) is 1. The van der Waals surface area contributed by atoms with Gasteiger partial charge in [-0.05, 0) is 30.2 Å². The highest BCUT2D eigenvalue weighted by atomic mass is 35.5. The summed E-state index contributed by atoms with van der Waals surface area (Å²) in [5.74, 6) is 5.68. The molecule has 1 atom stereocenters. The topological polar surface area (TPSA) is 47.3 Å². The zero-order valence-electron chi connectivity index (χ0n) is 11.1. The molecule has 0 saturated carbocycles. The van der Waals surface area contributed by atoms with Crippen LogP contribution in [0.15, 0.2) is 42.5 Å². The molecule has 0 fully saturated rings. The normalized spacial score (nSPS) is 12.2. The number of nitrogens with one attached hydrogen (secondary N) is 1. The van der Waals surface area contributed by atoms with Crippen LogP contribution in [0.2, 0.25) is 5.02 Å². The summed E-state index contributed by atoms with van der Waals surface area (Å²) in [5, 5.41) is 0.628. The zero-order valence-corrected chi connectivity index (χ0v) is 11.8. The van der Waals surface area contributed by atoms with E-state index in [2.05, 4.69) is 5.43 Å². The average molecular weight is 295 g/mol. The van der Waals surface area contributed by atoms with Gasteiger partial charge in [0.2, 0.25) is 0 Å². The van der Waals surface area contributed by atoms with Gasteiger partial charge in [-0.3, -0.25) is 11.3 Å². The largest absolute Gasteiger partial charge is 0.496 e. The second kappa shape index (κ2) is 6.70. The zero-order chi connectivity index (χ0) is 14.5. The van der Waals surface area contributed by atoms with E-state index in [1.807, 2.05) is 18.2 Å². The summed E-state index contributed by atoms with van der Waals surface area (Å²) in [5.41, 5.74) is 3.92. The maximum Gasteiger partial charge on any atom is 0.131 e. The number of hydrogen-bond acceptors (Lipinski definition) is 3. The molecule has 106 valence electrons. The lowest BCUT2D eigenvalue weighted by Gasteiger charge is -2.20. The quantitative estimate of drug-likeness (QED) is 0.657. The molecule has 3 nitrogen and oxygen atoms in total. The maximum absolute atomic E-state index is 14.1. The molecule has 0 spiro atoms. The van der Waals surface area contributed by atoms with Gasteiger partial charge in [-0.15, -0.1) is 0 Å². The molecule has 2 aromatic carbocycles. The van der Waals surface area contributed by atoms with E-state index in [4.69, 9.17) is 22.2 Å². The van der Waals surface area contributed by atoms with Crippen LogP contribution < -0.4 is 16.0 Å². The number of rotatable bonds is 5. The molecular weight excluding hydrogens is 279 g/mol. The molecule has 2 aromatic rings. The lowest BCUT2D eigenvalue weighted by Crippen LogP contribution is -2.30. The van der Waals surface area contributed by atoms with Gasteiger partial charge in [0.25, 0.3) is 0 Å². The molecular formula is C15H16ClFN2O. The molecule has 0 bridgehead atoms. The minimum absolute atomic E-state index is 0.362. The fraction of sp³-hybridized carbons (Fsp3) is 0.200. The first-order chi connectivity index (χ1) is 9.67. The van der Waals surface area contributed by atoms with Crippen molar-refractivity contribution in [1.29, 1.82) is 0 Å². The molecule has 3 N–H and O–H groups in total. The smallest absolute Gasteiger partial charge is 0.131 e. The van der Waals surface area contributed by atoms with Crippen LogP contribution in [0.3, 0.4) is 0 Å². The van der Waals surface area contributed by atoms with Crippen molar-refractivity contribution in [3.63, 3.8) is 0 Å². The van der Waals surface area contributed by atoms with Crippen LogP contribution in [-0.4, -0.2) is 7.11 Å². The first-order valence-corrected chi connectivity index (χ1v) is 6.57. The van der Waals surface area contributed by atoms with Crippen molar-refractivity contribution < 1.29 is 9.13 Å². The van der Waals surface area contributed by atoms with E-state index in [-0.39, 0.29) is 5.82 Å². The van der Waals surface area contributed by atoms with E-state index in [9.17, 15) is 4.39 Å². The van der Waals surface area contributed by atoms with Crippen LogP contribution >= 0.6 is 11.6 Å². The summed E-state index contributed by atoms with van der Waals surface area (Å²) in [6.45, 7) is 0. The number of halogens is 2. The molecule has 0 saturated heterocycles. The summed E-state index contributed by atoms with van der Waals surface area (Å²) in [7, 11) is 1.50. The Hall–Kier alpha value is -1.62. The van der Waals surface area contributed by atoms with Gasteiger partial charge in [-0.25, -0.2) is 4.39 Å². The summed E-state index contributed by atoms with van der Waals surface area (Å²) < 4.78 is 19.3. The van der Waals surface area contributed by atoms with Gasteiger partial charge in [-0.1, -0.05) is 35.9 Å². The van der Waals surface area contributed by atoms with Crippen LogP contribution in [0.5, 0.6) is 5.75 Å². The first kappa shape index (κ1) is 14.8. The molecule has 0 aliphatic heterocycles. The summed E-state index contributed by atoms with van der Waals surface area (Å²) in [6, 6.07) is 11.7. The Bertz CT molecular complexity index is 592. The Balaban J connectivity index is 2.36. The molecule has 0 aliphatic carbocycles. The second-order valence-corrected chi connectivity index (χ2v) is 4.78. The fourth-order valence-corrected chi connectivity index (χ4v) is 2.37. The minimum atomic E-state index is -0.425. The van der Waals surface area contributed by atoms with Gasteiger partial charge in [0, 0.05) is 10.6 Å². The highest BCUT2D eigenvalue weighted by Crippen LogP contribution is 2.31. The van der Waals surface area contributed by atoms with E-state index in [1.54, 1.807) is 18.2 Å². The molecule has 0 amide bonds. The molecule has 20 heavy (non-hydrogen) atoms. The summed E-state index contributed by atoms with van der Waals surface area (Å²) in [6.07, 6.45) is 0.466. The first-order valence-electron chi connectivity index (χ1n) is 6.19. The van der Waals surface area contributed by atoms with Crippen LogP contribution in [0.25, 0.3) is 0 Å². The van der Waals surface area contributed by atoms with Crippen molar-refractivity contribution in [1.82, 2.24) is 5.43 Å². The van der Waals surface area contributed by atoms with Gasteiger partial charge in [0.05, 0.1) is 13.2 Å². The predicted molar refractivity (Wildman–Crippen MR) is 78.2 cm³/mol. The van der Waals surface area contributed by atoms with Crippen molar-refractivity contribution in [3.05, 3.63) is 64.4 Å². The number of methoxy groups -OCH3 is 1. The van der Waals surface area contributed by atoms with Gasteiger partial charge >= 0.3 is 0 Å². The van der Waals surface area contributed by atoms with E-state index in [0.29, 0.717) is 22.8 Å². The second-order valence-electron chi connectivity index (χ2n) is 4.37. The highest BCUT2D eigenvalue weighted by Gasteiger charge is 2.20. The van der Waals surface area contributed by atoms with Crippen molar-refractivity contribution in [2.45, 2.75) is 12.5 Å². The van der Waals surface area contributed by atoms with Crippen LogP contribution in [-0.2, 0) is 6.42 Å². The van der Waals surface area contributed by atoms with E-state index in [1.165, 1.54) is 13.2 Å². The number of benzene rings is 2. The van der Waals surface area contributed by atoms with Gasteiger partial charge in [-0.2, -0.15) is 0 Å².